The first kappa shape index (κ1) is 15.3. The van der Waals surface area contributed by atoms with E-state index in [0.717, 1.165) is 12.2 Å². The molecule has 2 rings (SSSR count). The summed E-state index contributed by atoms with van der Waals surface area (Å²) in [7, 11) is 0. The number of thioether (sulfide) groups is 1. The second-order valence-electron chi connectivity index (χ2n) is 5.08. The Morgan fingerprint density at radius 2 is 2.30 bits per heavy atom. The van der Waals surface area contributed by atoms with Crippen LogP contribution in [0.5, 0.6) is 0 Å². The molecule has 0 aromatic heterocycles. The largest absolute Gasteiger partial charge is 0.366 e. The van der Waals surface area contributed by atoms with Gasteiger partial charge in [0.1, 0.15) is 5.82 Å². The average molecular weight is 296 g/mol. The van der Waals surface area contributed by atoms with Gasteiger partial charge in [-0.1, -0.05) is 19.4 Å². The predicted molar refractivity (Wildman–Crippen MR) is 81.3 cm³/mol. The summed E-state index contributed by atoms with van der Waals surface area (Å²) in [5, 5.41) is 4.08. The minimum absolute atomic E-state index is 0.214. The summed E-state index contributed by atoms with van der Waals surface area (Å²) in [4.78, 5) is 11.0. The molecule has 1 aliphatic carbocycles. The monoisotopic (exact) mass is 296 g/mol. The Bertz CT molecular complexity index is 481. The molecule has 1 saturated carbocycles. The Kier molecular flexibility index (Phi) is 5.43. The molecule has 1 fully saturated rings. The van der Waals surface area contributed by atoms with Crippen LogP contribution >= 0.6 is 11.8 Å². The highest BCUT2D eigenvalue weighted by atomic mass is 32.2. The van der Waals surface area contributed by atoms with Crippen molar-refractivity contribution in [2.75, 3.05) is 5.75 Å². The van der Waals surface area contributed by atoms with Crippen molar-refractivity contribution in [3.8, 4) is 0 Å². The SMILES string of the molecule is CCSC1CCCC1NCc1ccc(C(N)=O)cc1F. The van der Waals surface area contributed by atoms with Crippen molar-refractivity contribution in [3.63, 3.8) is 0 Å². The van der Waals surface area contributed by atoms with Crippen molar-refractivity contribution in [1.82, 2.24) is 5.32 Å². The molecule has 1 aliphatic rings. The first-order chi connectivity index (χ1) is 9.61. The van der Waals surface area contributed by atoms with Crippen LogP contribution in [0.3, 0.4) is 0 Å². The number of halogens is 1. The summed E-state index contributed by atoms with van der Waals surface area (Å²) in [6, 6.07) is 4.89. The van der Waals surface area contributed by atoms with E-state index in [2.05, 4.69) is 12.2 Å². The lowest BCUT2D eigenvalue weighted by atomic mass is 10.1. The molecule has 3 nitrogen and oxygen atoms in total. The molecule has 110 valence electrons. The van der Waals surface area contributed by atoms with E-state index in [9.17, 15) is 9.18 Å². The van der Waals surface area contributed by atoms with Gasteiger partial charge >= 0.3 is 0 Å². The first-order valence-corrected chi connectivity index (χ1v) is 8.10. The number of nitrogens with one attached hydrogen (secondary N) is 1. The van der Waals surface area contributed by atoms with Crippen LogP contribution in [-0.4, -0.2) is 23.0 Å². The normalized spacial score (nSPS) is 22.1. The number of primary amides is 1. The number of nitrogens with two attached hydrogens (primary N) is 1. The molecule has 2 unspecified atom stereocenters. The topological polar surface area (TPSA) is 55.1 Å². The van der Waals surface area contributed by atoms with Crippen molar-refractivity contribution >= 4 is 17.7 Å². The van der Waals surface area contributed by atoms with E-state index in [4.69, 9.17) is 5.73 Å². The van der Waals surface area contributed by atoms with Crippen LogP contribution in [0.4, 0.5) is 4.39 Å². The van der Waals surface area contributed by atoms with Crippen LogP contribution in [0.2, 0.25) is 0 Å². The molecule has 20 heavy (non-hydrogen) atoms. The molecule has 3 N–H and O–H groups in total. The molecule has 1 aromatic carbocycles. The highest BCUT2D eigenvalue weighted by Crippen LogP contribution is 2.30. The number of hydrogen-bond acceptors (Lipinski definition) is 3. The fourth-order valence-electron chi connectivity index (χ4n) is 2.66. The number of carbonyl (C=O) groups is 1. The summed E-state index contributed by atoms with van der Waals surface area (Å²) in [5.41, 5.74) is 5.93. The highest BCUT2D eigenvalue weighted by Gasteiger charge is 2.26. The van der Waals surface area contributed by atoms with Gasteiger partial charge in [-0.15, -0.1) is 0 Å². The van der Waals surface area contributed by atoms with E-state index in [-0.39, 0.29) is 11.4 Å². The standard InChI is InChI=1S/C15H21FN2OS/c1-2-20-14-5-3-4-13(14)18-9-11-7-6-10(15(17)19)8-12(11)16/h6-8,13-14,18H,2-5,9H2,1H3,(H2,17,19). The summed E-state index contributed by atoms with van der Waals surface area (Å²) in [6.07, 6.45) is 3.62. The predicted octanol–water partition coefficient (Wildman–Crippen LogP) is 2.69. The fourth-order valence-corrected chi connectivity index (χ4v) is 3.88. The zero-order chi connectivity index (χ0) is 14.5. The van der Waals surface area contributed by atoms with Crippen LogP contribution in [-0.2, 0) is 6.54 Å². The minimum atomic E-state index is -0.599. The number of amides is 1. The molecular weight excluding hydrogens is 275 g/mol. The molecule has 0 bridgehead atoms. The Labute approximate surface area is 123 Å². The van der Waals surface area contributed by atoms with Crippen molar-refractivity contribution in [2.24, 2.45) is 5.73 Å². The van der Waals surface area contributed by atoms with Crippen molar-refractivity contribution in [3.05, 3.63) is 35.1 Å². The Morgan fingerprint density at radius 3 is 2.95 bits per heavy atom. The van der Waals surface area contributed by atoms with Crippen LogP contribution in [0.1, 0.15) is 42.1 Å². The summed E-state index contributed by atoms with van der Waals surface area (Å²) in [6.45, 7) is 2.67. The molecule has 0 aliphatic heterocycles. The summed E-state index contributed by atoms with van der Waals surface area (Å²) < 4.78 is 13.9. The molecule has 0 saturated heterocycles. The van der Waals surface area contributed by atoms with E-state index in [1.54, 1.807) is 12.1 Å². The maximum Gasteiger partial charge on any atom is 0.248 e. The van der Waals surface area contributed by atoms with Gasteiger partial charge in [0, 0.05) is 29.0 Å². The third-order valence-electron chi connectivity index (χ3n) is 3.73. The number of benzene rings is 1. The third-order valence-corrected chi connectivity index (χ3v) is 5.05. The van der Waals surface area contributed by atoms with E-state index in [1.165, 1.54) is 18.9 Å². The van der Waals surface area contributed by atoms with Crippen molar-refractivity contribution in [1.29, 1.82) is 0 Å². The Balaban J connectivity index is 1.95. The highest BCUT2D eigenvalue weighted by molar-refractivity contribution is 7.99. The lowest BCUT2D eigenvalue weighted by Crippen LogP contribution is -2.34. The number of hydrogen-bond donors (Lipinski definition) is 2. The maximum absolute atomic E-state index is 13.9. The molecule has 0 radical (unpaired) electrons. The Hall–Kier alpha value is -1.07. The fraction of sp³-hybridized carbons (Fsp3) is 0.533. The summed E-state index contributed by atoms with van der Waals surface area (Å²) in [5.74, 6) is 0.148. The summed E-state index contributed by atoms with van der Waals surface area (Å²) >= 11 is 1.98. The van der Waals surface area contributed by atoms with Crippen LogP contribution in [0.25, 0.3) is 0 Å². The van der Waals surface area contributed by atoms with Crippen LogP contribution in [0, 0.1) is 5.82 Å². The lowest BCUT2D eigenvalue weighted by molar-refractivity contribution is 0.1000. The van der Waals surface area contributed by atoms with E-state index in [1.807, 2.05) is 11.8 Å². The maximum atomic E-state index is 13.9. The van der Waals surface area contributed by atoms with Gasteiger partial charge in [0.25, 0.3) is 0 Å². The molecule has 5 heteroatoms. The van der Waals surface area contributed by atoms with Gasteiger partial charge < -0.3 is 11.1 Å². The quantitative estimate of drug-likeness (QED) is 0.848. The molecule has 0 heterocycles. The molecule has 2 atom stereocenters. The first-order valence-electron chi connectivity index (χ1n) is 7.05. The van der Waals surface area contributed by atoms with Gasteiger partial charge in [0.05, 0.1) is 0 Å². The number of carbonyl (C=O) groups excluding carboxylic acids is 1. The van der Waals surface area contributed by atoms with Gasteiger partial charge in [0.2, 0.25) is 5.91 Å². The minimum Gasteiger partial charge on any atom is -0.366 e. The molecule has 0 spiro atoms. The zero-order valence-electron chi connectivity index (χ0n) is 11.7. The van der Waals surface area contributed by atoms with Gasteiger partial charge in [-0.3, -0.25) is 4.79 Å². The Morgan fingerprint density at radius 1 is 1.50 bits per heavy atom. The van der Waals surface area contributed by atoms with E-state index < -0.39 is 5.91 Å². The zero-order valence-corrected chi connectivity index (χ0v) is 12.5. The second-order valence-corrected chi connectivity index (χ2v) is 6.60. The van der Waals surface area contributed by atoms with E-state index in [0.29, 0.717) is 23.4 Å². The smallest absolute Gasteiger partial charge is 0.248 e. The van der Waals surface area contributed by atoms with Crippen LogP contribution in [0.15, 0.2) is 18.2 Å². The van der Waals surface area contributed by atoms with Crippen LogP contribution < -0.4 is 11.1 Å². The van der Waals surface area contributed by atoms with Crippen molar-refractivity contribution in [2.45, 2.75) is 44.0 Å². The van der Waals surface area contributed by atoms with Gasteiger partial charge in [-0.25, -0.2) is 4.39 Å². The average Bonchev–Trinajstić information content (AvgIpc) is 2.85. The van der Waals surface area contributed by atoms with E-state index >= 15 is 0 Å². The van der Waals surface area contributed by atoms with Gasteiger partial charge in [-0.05, 0) is 30.7 Å². The van der Waals surface area contributed by atoms with Crippen molar-refractivity contribution < 1.29 is 9.18 Å². The molecular formula is C15H21FN2OS. The molecule has 1 aromatic rings. The number of rotatable bonds is 6. The van der Waals surface area contributed by atoms with Gasteiger partial charge in [-0.2, -0.15) is 11.8 Å². The lowest BCUT2D eigenvalue weighted by Gasteiger charge is -2.20. The van der Waals surface area contributed by atoms with Gasteiger partial charge in [0.15, 0.2) is 0 Å². The molecule has 1 amide bonds. The third kappa shape index (κ3) is 3.73. The second kappa shape index (κ2) is 7.09.